The van der Waals surface area contributed by atoms with Crippen molar-refractivity contribution in [3.05, 3.63) is 35.0 Å². The van der Waals surface area contributed by atoms with Gasteiger partial charge in [-0.05, 0) is 44.6 Å². The van der Waals surface area contributed by atoms with E-state index in [0.29, 0.717) is 5.76 Å². The average molecular weight is 286 g/mol. The van der Waals surface area contributed by atoms with Gasteiger partial charge in [0, 0.05) is 18.3 Å². The van der Waals surface area contributed by atoms with Crippen molar-refractivity contribution in [1.82, 2.24) is 20.3 Å². The molecule has 4 rings (SSSR count). The zero-order chi connectivity index (χ0) is 14.2. The molecule has 110 valence electrons. The average Bonchev–Trinajstić information content (AvgIpc) is 3.25. The molecule has 2 aliphatic rings. The van der Waals surface area contributed by atoms with E-state index in [1.807, 2.05) is 11.0 Å². The molecule has 0 radical (unpaired) electrons. The fourth-order valence-electron chi connectivity index (χ4n) is 3.47. The zero-order valence-corrected chi connectivity index (χ0v) is 11.8. The molecule has 1 saturated heterocycles. The summed E-state index contributed by atoms with van der Waals surface area (Å²) in [7, 11) is 0. The molecule has 3 heterocycles. The van der Waals surface area contributed by atoms with Crippen molar-refractivity contribution in [2.75, 3.05) is 6.54 Å². The second-order valence-electron chi connectivity index (χ2n) is 5.81. The Hall–Kier alpha value is -2.11. The minimum atomic E-state index is -0.0252. The molecular weight excluding hydrogens is 268 g/mol. The molecule has 21 heavy (non-hydrogen) atoms. The number of aryl methyl sites for hydroxylation is 1. The first kappa shape index (κ1) is 12.6. The molecule has 1 fully saturated rings. The molecule has 0 saturated carbocycles. The normalized spacial score (nSPS) is 21.5. The van der Waals surface area contributed by atoms with Crippen LogP contribution in [0.15, 0.2) is 16.8 Å². The summed E-state index contributed by atoms with van der Waals surface area (Å²) in [4.78, 5) is 14.7. The Labute approximate surface area is 122 Å². The van der Waals surface area contributed by atoms with Gasteiger partial charge in [-0.2, -0.15) is 5.10 Å². The zero-order valence-electron chi connectivity index (χ0n) is 11.8. The van der Waals surface area contributed by atoms with Crippen LogP contribution >= 0.6 is 0 Å². The van der Waals surface area contributed by atoms with Crippen LogP contribution in [0.2, 0.25) is 0 Å². The van der Waals surface area contributed by atoms with Gasteiger partial charge in [0.2, 0.25) is 5.76 Å². The van der Waals surface area contributed by atoms with Gasteiger partial charge in [-0.15, -0.1) is 0 Å². The van der Waals surface area contributed by atoms with Gasteiger partial charge >= 0.3 is 0 Å². The lowest BCUT2D eigenvalue weighted by molar-refractivity contribution is 0.0689. The highest BCUT2D eigenvalue weighted by Gasteiger charge is 2.35. The van der Waals surface area contributed by atoms with Gasteiger partial charge in [-0.1, -0.05) is 5.16 Å². The summed E-state index contributed by atoms with van der Waals surface area (Å²) in [6, 6.07) is 2.01. The Balaban J connectivity index is 1.63. The molecule has 1 aliphatic carbocycles. The van der Waals surface area contributed by atoms with Crippen LogP contribution in [-0.4, -0.2) is 32.7 Å². The largest absolute Gasteiger partial charge is 0.350 e. The lowest BCUT2D eigenvalue weighted by atomic mass is 9.96. The third kappa shape index (κ3) is 2.05. The molecule has 6 heteroatoms. The number of rotatable bonds is 2. The monoisotopic (exact) mass is 286 g/mol. The van der Waals surface area contributed by atoms with Gasteiger partial charge < -0.3 is 9.42 Å². The Bertz CT molecular complexity index is 647. The van der Waals surface area contributed by atoms with E-state index in [-0.39, 0.29) is 11.9 Å². The molecule has 6 nitrogen and oxygen atoms in total. The maximum Gasteiger partial charge on any atom is 0.293 e. The smallest absolute Gasteiger partial charge is 0.293 e. The highest BCUT2D eigenvalue weighted by atomic mass is 16.5. The number of hydrogen-bond donors (Lipinski definition) is 1. The van der Waals surface area contributed by atoms with E-state index >= 15 is 0 Å². The number of hydrogen-bond acceptors (Lipinski definition) is 4. The van der Waals surface area contributed by atoms with E-state index in [2.05, 4.69) is 15.4 Å². The summed E-state index contributed by atoms with van der Waals surface area (Å²) in [6.45, 7) is 0.762. The van der Waals surface area contributed by atoms with E-state index in [1.165, 1.54) is 0 Å². The topological polar surface area (TPSA) is 75.0 Å². The molecule has 2 aromatic rings. The number of amides is 1. The van der Waals surface area contributed by atoms with Crippen molar-refractivity contribution in [1.29, 1.82) is 0 Å². The summed E-state index contributed by atoms with van der Waals surface area (Å²) in [5.74, 6) is 0.430. The van der Waals surface area contributed by atoms with Crippen molar-refractivity contribution in [2.24, 2.45) is 0 Å². The van der Waals surface area contributed by atoms with Crippen LogP contribution in [0.5, 0.6) is 0 Å². The lowest BCUT2D eigenvalue weighted by Crippen LogP contribution is -2.31. The van der Waals surface area contributed by atoms with Crippen LogP contribution in [0.4, 0.5) is 0 Å². The third-order valence-electron chi connectivity index (χ3n) is 4.55. The minimum Gasteiger partial charge on any atom is -0.350 e. The molecule has 1 N–H and O–H groups in total. The van der Waals surface area contributed by atoms with E-state index in [1.54, 1.807) is 6.20 Å². The molecule has 1 aliphatic heterocycles. The van der Waals surface area contributed by atoms with Crippen LogP contribution < -0.4 is 0 Å². The standard InChI is InChI=1S/C15H18N4O2/c20-15(14-10-4-1-2-5-11(10)18-21-14)19-9-3-6-13(19)12-7-8-16-17-12/h7-8,13H,1-6,9H2,(H,16,17)/t13-/m0/s1. The van der Waals surface area contributed by atoms with Crippen LogP contribution in [0.3, 0.4) is 0 Å². The molecule has 1 atom stereocenters. The lowest BCUT2D eigenvalue weighted by Gasteiger charge is -2.23. The number of carbonyl (C=O) groups excluding carboxylic acids is 1. The Morgan fingerprint density at radius 2 is 2.24 bits per heavy atom. The highest BCUT2D eigenvalue weighted by molar-refractivity contribution is 5.93. The van der Waals surface area contributed by atoms with E-state index in [9.17, 15) is 4.79 Å². The third-order valence-corrected chi connectivity index (χ3v) is 4.55. The minimum absolute atomic E-state index is 0.0252. The van der Waals surface area contributed by atoms with Crippen molar-refractivity contribution in [3.8, 4) is 0 Å². The fourth-order valence-corrected chi connectivity index (χ4v) is 3.47. The predicted molar refractivity (Wildman–Crippen MR) is 74.7 cm³/mol. The number of nitrogens with one attached hydrogen (secondary N) is 1. The number of aromatic amines is 1. The number of H-pyrrole nitrogens is 1. The predicted octanol–water partition coefficient (Wildman–Crippen LogP) is 2.25. The van der Waals surface area contributed by atoms with Gasteiger partial charge in [-0.25, -0.2) is 0 Å². The first-order valence-electron chi connectivity index (χ1n) is 7.62. The first-order chi connectivity index (χ1) is 10.3. The molecule has 0 spiro atoms. The summed E-state index contributed by atoms with van der Waals surface area (Å²) < 4.78 is 5.39. The van der Waals surface area contributed by atoms with Gasteiger partial charge in [0.25, 0.3) is 5.91 Å². The Morgan fingerprint density at radius 3 is 3.10 bits per heavy atom. The molecular formula is C15H18N4O2. The Kier molecular flexibility index (Phi) is 3.02. The molecule has 1 amide bonds. The van der Waals surface area contributed by atoms with Crippen LogP contribution in [0, 0.1) is 0 Å². The second kappa shape index (κ2) is 5.02. The van der Waals surface area contributed by atoms with Crippen molar-refractivity contribution >= 4 is 5.91 Å². The quantitative estimate of drug-likeness (QED) is 0.918. The van der Waals surface area contributed by atoms with Crippen LogP contribution in [-0.2, 0) is 12.8 Å². The maximum atomic E-state index is 12.8. The van der Waals surface area contributed by atoms with Gasteiger partial charge in [-0.3, -0.25) is 9.89 Å². The van der Waals surface area contributed by atoms with Crippen molar-refractivity contribution in [2.45, 2.75) is 44.6 Å². The molecule has 0 aromatic carbocycles. The second-order valence-corrected chi connectivity index (χ2v) is 5.81. The molecule has 0 bridgehead atoms. The van der Waals surface area contributed by atoms with Gasteiger partial charge in [0.1, 0.15) is 0 Å². The van der Waals surface area contributed by atoms with E-state index in [4.69, 9.17) is 4.52 Å². The van der Waals surface area contributed by atoms with Gasteiger partial charge in [0.15, 0.2) is 0 Å². The summed E-state index contributed by atoms with van der Waals surface area (Å²) in [5.41, 5.74) is 3.00. The van der Waals surface area contributed by atoms with Crippen LogP contribution in [0.1, 0.15) is 59.2 Å². The fraction of sp³-hybridized carbons (Fsp3) is 0.533. The number of aromatic nitrogens is 3. The Morgan fingerprint density at radius 1 is 1.33 bits per heavy atom. The van der Waals surface area contributed by atoms with E-state index in [0.717, 1.165) is 62.0 Å². The van der Waals surface area contributed by atoms with Gasteiger partial charge in [0.05, 0.1) is 17.4 Å². The highest BCUT2D eigenvalue weighted by Crippen LogP contribution is 2.33. The number of likely N-dealkylation sites (tertiary alicyclic amines) is 1. The van der Waals surface area contributed by atoms with Crippen molar-refractivity contribution < 1.29 is 9.32 Å². The van der Waals surface area contributed by atoms with Crippen molar-refractivity contribution in [3.63, 3.8) is 0 Å². The maximum absolute atomic E-state index is 12.8. The first-order valence-corrected chi connectivity index (χ1v) is 7.62. The number of fused-ring (bicyclic) bond motifs is 1. The van der Waals surface area contributed by atoms with Crippen LogP contribution in [0.25, 0.3) is 0 Å². The number of carbonyl (C=O) groups is 1. The molecule has 2 aromatic heterocycles. The summed E-state index contributed by atoms with van der Waals surface area (Å²) in [5, 5.41) is 11.1. The summed E-state index contributed by atoms with van der Waals surface area (Å²) in [6.07, 6.45) is 7.77. The van der Waals surface area contributed by atoms with E-state index < -0.39 is 0 Å². The SMILES string of the molecule is O=C(c1onc2c1CCCC2)N1CCC[C@H]1c1ccn[nH]1. The number of nitrogens with zero attached hydrogens (tertiary/aromatic N) is 3. The molecule has 0 unspecified atom stereocenters. The summed E-state index contributed by atoms with van der Waals surface area (Å²) >= 11 is 0.